The SMILES string of the molecule is C=C(C)CSc1nc2c(c(C(F)(F)F)c1C#N)CCCC2. The smallest absolute Gasteiger partial charge is 0.245 e. The first-order chi connectivity index (χ1) is 9.84. The van der Waals surface area contributed by atoms with Crippen LogP contribution in [0.4, 0.5) is 13.2 Å². The van der Waals surface area contributed by atoms with E-state index in [0.717, 1.165) is 23.8 Å². The minimum atomic E-state index is -4.52. The zero-order valence-corrected chi connectivity index (χ0v) is 12.5. The maximum absolute atomic E-state index is 13.4. The lowest BCUT2D eigenvalue weighted by Crippen LogP contribution is -2.19. The van der Waals surface area contributed by atoms with Crippen molar-refractivity contribution in [1.29, 1.82) is 5.26 Å². The lowest BCUT2D eigenvalue weighted by molar-refractivity contribution is -0.138. The number of nitrogens with zero attached hydrogens (tertiary/aromatic N) is 2. The minimum Gasteiger partial charge on any atom is -0.245 e. The summed E-state index contributed by atoms with van der Waals surface area (Å²) < 4.78 is 40.2. The Morgan fingerprint density at radius 1 is 1.38 bits per heavy atom. The largest absolute Gasteiger partial charge is 0.418 e. The molecule has 0 fully saturated rings. The van der Waals surface area contributed by atoms with Gasteiger partial charge in [-0.1, -0.05) is 12.2 Å². The molecule has 0 aromatic carbocycles. The van der Waals surface area contributed by atoms with Crippen molar-refractivity contribution < 1.29 is 13.2 Å². The van der Waals surface area contributed by atoms with Crippen LogP contribution >= 0.6 is 11.8 Å². The number of thioether (sulfide) groups is 1. The van der Waals surface area contributed by atoms with Crippen LogP contribution in [0.2, 0.25) is 0 Å². The second kappa shape index (κ2) is 6.10. The van der Waals surface area contributed by atoms with Crippen molar-refractivity contribution in [2.75, 3.05) is 5.75 Å². The van der Waals surface area contributed by atoms with Crippen LogP contribution in [-0.4, -0.2) is 10.7 Å². The van der Waals surface area contributed by atoms with Crippen LogP contribution in [0.15, 0.2) is 17.2 Å². The zero-order valence-electron chi connectivity index (χ0n) is 11.7. The van der Waals surface area contributed by atoms with Crippen molar-refractivity contribution in [2.45, 2.75) is 43.8 Å². The molecule has 0 unspecified atom stereocenters. The van der Waals surface area contributed by atoms with E-state index in [4.69, 9.17) is 0 Å². The number of nitriles is 1. The molecule has 0 bridgehead atoms. The van der Waals surface area contributed by atoms with Crippen molar-refractivity contribution in [3.63, 3.8) is 0 Å². The maximum atomic E-state index is 13.4. The molecule has 1 heterocycles. The number of aromatic nitrogens is 1. The fraction of sp³-hybridized carbons (Fsp3) is 0.467. The summed E-state index contributed by atoms with van der Waals surface area (Å²) in [6.45, 7) is 5.52. The van der Waals surface area contributed by atoms with Crippen LogP contribution in [0, 0.1) is 11.3 Å². The standard InChI is InChI=1S/C15H15F3N2S/c1-9(2)8-21-14-11(7-19)13(15(16,17)18)10-5-3-4-6-12(10)20-14/h1,3-6,8H2,2H3. The average molecular weight is 312 g/mol. The van der Waals surface area contributed by atoms with Gasteiger partial charge < -0.3 is 0 Å². The summed E-state index contributed by atoms with van der Waals surface area (Å²) in [5, 5.41) is 9.38. The summed E-state index contributed by atoms with van der Waals surface area (Å²) in [6.07, 6.45) is -2.08. The summed E-state index contributed by atoms with van der Waals surface area (Å²) in [6, 6.07) is 1.71. The monoisotopic (exact) mass is 312 g/mol. The van der Waals surface area contributed by atoms with Gasteiger partial charge in [-0.3, -0.25) is 0 Å². The van der Waals surface area contributed by atoms with Gasteiger partial charge in [0.15, 0.2) is 0 Å². The van der Waals surface area contributed by atoms with Crippen LogP contribution < -0.4 is 0 Å². The van der Waals surface area contributed by atoms with Crippen molar-refractivity contribution in [2.24, 2.45) is 0 Å². The van der Waals surface area contributed by atoms with Crippen molar-refractivity contribution in [3.05, 3.63) is 34.5 Å². The quantitative estimate of drug-likeness (QED) is 0.608. The number of hydrogen-bond acceptors (Lipinski definition) is 3. The second-order valence-corrected chi connectivity index (χ2v) is 6.12. The van der Waals surface area contributed by atoms with E-state index in [0.29, 0.717) is 30.7 Å². The molecule has 1 aliphatic rings. The van der Waals surface area contributed by atoms with E-state index < -0.39 is 11.7 Å². The van der Waals surface area contributed by atoms with E-state index in [1.165, 1.54) is 0 Å². The van der Waals surface area contributed by atoms with Gasteiger partial charge in [-0.2, -0.15) is 18.4 Å². The van der Waals surface area contributed by atoms with Crippen LogP contribution in [0.25, 0.3) is 0 Å². The van der Waals surface area contributed by atoms with Crippen LogP contribution in [0.3, 0.4) is 0 Å². The molecule has 1 aromatic rings. The van der Waals surface area contributed by atoms with Gasteiger partial charge in [0.05, 0.1) is 11.1 Å². The molecule has 0 saturated heterocycles. The molecule has 0 aliphatic heterocycles. The zero-order chi connectivity index (χ0) is 15.6. The van der Waals surface area contributed by atoms with Crippen molar-refractivity contribution in [1.82, 2.24) is 4.98 Å². The molecule has 0 amide bonds. The van der Waals surface area contributed by atoms with Gasteiger partial charge >= 0.3 is 6.18 Å². The predicted octanol–water partition coefficient (Wildman–Crippen LogP) is 4.52. The van der Waals surface area contributed by atoms with E-state index in [-0.39, 0.29) is 16.2 Å². The highest BCUT2D eigenvalue weighted by molar-refractivity contribution is 7.99. The van der Waals surface area contributed by atoms with Gasteiger partial charge in [-0.25, -0.2) is 4.98 Å². The number of fused-ring (bicyclic) bond motifs is 1. The average Bonchev–Trinajstić information content (AvgIpc) is 2.42. The van der Waals surface area contributed by atoms with Gasteiger partial charge in [-0.15, -0.1) is 11.8 Å². The molecular weight excluding hydrogens is 297 g/mol. The lowest BCUT2D eigenvalue weighted by atomic mass is 9.90. The first-order valence-corrected chi connectivity index (χ1v) is 7.63. The molecule has 0 N–H and O–H groups in total. The van der Waals surface area contributed by atoms with Gasteiger partial charge in [0, 0.05) is 11.4 Å². The van der Waals surface area contributed by atoms with Gasteiger partial charge in [-0.05, 0) is 38.2 Å². The maximum Gasteiger partial charge on any atom is 0.418 e. The highest BCUT2D eigenvalue weighted by Gasteiger charge is 2.39. The minimum absolute atomic E-state index is 0.175. The highest BCUT2D eigenvalue weighted by Crippen LogP contribution is 2.41. The molecule has 1 aliphatic carbocycles. The number of rotatable bonds is 3. The number of pyridine rings is 1. The third-order valence-electron chi connectivity index (χ3n) is 3.29. The fourth-order valence-corrected chi connectivity index (χ4v) is 3.28. The highest BCUT2D eigenvalue weighted by atomic mass is 32.2. The van der Waals surface area contributed by atoms with Crippen molar-refractivity contribution >= 4 is 11.8 Å². The molecular formula is C15H15F3N2S. The van der Waals surface area contributed by atoms with E-state index in [2.05, 4.69) is 11.6 Å². The Kier molecular flexibility index (Phi) is 4.62. The molecule has 0 saturated carbocycles. The Labute approximate surface area is 126 Å². The number of alkyl halides is 3. The Bertz CT molecular complexity index is 615. The number of hydrogen-bond donors (Lipinski definition) is 0. The van der Waals surface area contributed by atoms with Gasteiger partial charge in [0.25, 0.3) is 0 Å². The molecule has 2 rings (SSSR count). The summed E-state index contributed by atoms with van der Waals surface area (Å²) in [7, 11) is 0. The third-order valence-corrected chi connectivity index (χ3v) is 4.50. The second-order valence-electron chi connectivity index (χ2n) is 5.15. The van der Waals surface area contributed by atoms with E-state index in [1.807, 2.05) is 0 Å². The van der Waals surface area contributed by atoms with Crippen LogP contribution in [0.1, 0.15) is 42.1 Å². The summed E-state index contributed by atoms with van der Waals surface area (Å²) in [4.78, 5) is 4.33. The first kappa shape index (κ1) is 15.9. The number of aryl methyl sites for hydroxylation is 1. The molecule has 0 spiro atoms. The third kappa shape index (κ3) is 3.41. The Morgan fingerprint density at radius 2 is 2.05 bits per heavy atom. The molecule has 0 atom stereocenters. The van der Waals surface area contributed by atoms with Crippen molar-refractivity contribution in [3.8, 4) is 6.07 Å². The van der Waals surface area contributed by atoms with Gasteiger partial charge in [0.2, 0.25) is 0 Å². The lowest BCUT2D eigenvalue weighted by Gasteiger charge is -2.22. The normalized spacial score (nSPS) is 14.4. The Balaban J connectivity index is 2.62. The Hall–Kier alpha value is -1.48. The molecule has 21 heavy (non-hydrogen) atoms. The summed E-state index contributed by atoms with van der Waals surface area (Å²) in [5.74, 6) is 0.456. The van der Waals surface area contributed by atoms with Gasteiger partial charge in [0.1, 0.15) is 11.1 Å². The van der Waals surface area contributed by atoms with E-state index >= 15 is 0 Å². The topological polar surface area (TPSA) is 36.7 Å². The van der Waals surface area contributed by atoms with E-state index in [9.17, 15) is 18.4 Å². The molecule has 1 aromatic heterocycles. The summed E-state index contributed by atoms with van der Waals surface area (Å²) >= 11 is 1.15. The molecule has 112 valence electrons. The molecule has 0 radical (unpaired) electrons. The fourth-order valence-electron chi connectivity index (χ4n) is 2.43. The molecule has 2 nitrogen and oxygen atoms in total. The predicted molar refractivity (Wildman–Crippen MR) is 76.1 cm³/mol. The van der Waals surface area contributed by atoms with Crippen LogP contribution in [-0.2, 0) is 19.0 Å². The molecule has 6 heteroatoms. The van der Waals surface area contributed by atoms with Crippen LogP contribution in [0.5, 0.6) is 0 Å². The first-order valence-electron chi connectivity index (χ1n) is 6.64. The van der Waals surface area contributed by atoms with E-state index in [1.54, 1.807) is 13.0 Å². The number of halogens is 3. The summed E-state index contributed by atoms with van der Waals surface area (Å²) in [5.41, 5.74) is 0.423. The Morgan fingerprint density at radius 3 is 2.62 bits per heavy atom.